The van der Waals surface area contributed by atoms with Crippen LogP contribution >= 0.6 is 11.6 Å². The summed E-state index contributed by atoms with van der Waals surface area (Å²) in [5.41, 5.74) is 5.46. The second-order valence-corrected chi connectivity index (χ2v) is 5.09. The van der Waals surface area contributed by atoms with Crippen LogP contribution in [0, 0.1) is 0 Å². The molecule has 2 aromatic rings. The van der Waals surface area contributed by atoms with Crippen LogP contribution in [-0.4, -0.2) is 27.4 Å². The van der Waals surface area contributed by atoms with Crippen molar-refractivity contribution in [3.8, 4) is 5.75 Å². The number of rotatable bonds is 4. The number of nitrogens with two attached hydrogens (primary N) is 1. The lowest BCUT2D eigenvalue weighted by Gasteiger charge is -2.11. The topological polar surface area (TPSA) is 90.4 Å². The molecule has 0 amide bonds. The van der Waals surface area contributed by atoms with Gasteiger partial charge in [0.2, 0.25) is 0 Å². The molecule has 6 nitrogen and oxygen atoms in total. The van der Waals surface area contributed by atoms with Gasteiger partial charge in [-0.15, -0.1) is 0 Å². The monoisotopic (exact) mass is 297 g/mol. The summed E-state index contributed by atoms with van der Waals surface area (Å²) in [4.78, 5) is 16.4. The van der Waals surface area contributed by atoms with E-state index in [4.69, 9.17) is 22.1 Å². The van der Waals surface area contributed by atoms with E-state index in [1.807, 2.05) is 13.8 Å². The van der Waals surface area contributed by atoms with Crippen LogP contribution < -0.4 is 11.3 Å². The van der Waals surface area contributed by atoms with Crippen molar-refractivity contribution < 1.29 is 9.84 Å². The molecular weight excluding hydrogens is 282 g/mol. The number of hydrogen-bond donors (Lipinski definition) is 2. The van der Waals surface area contributed by atoms with Gasteiger partial charge in [0, 0.05) is 0 Å². The van der Waals surface area contributed by atoms with E-state index in [9.17, 15) is 9.90 Å². The molecule has 0 aliphatic rings. The molecule has 1 aromatic carbocycles. The van der Waals surface area contributed by atoms with Crippen molar-refractivity contribution in [2.75, 3.05) is 12.3 Å². The number of fused-ring (bicyclic) bond motifs is 1. The largest absolute Gasteiger partial charge is 0.504 e. The van der Waals surface area contributed by atoms with Gasteiger partial charge in [0.25, 0.3) is 5.56 Å². The summed E-state index contributed by atoms with van der Waals surface area (Å²) in [6.07, 6.45) is 1.44. The molecule has 108 valence electrons. The van der Waals surface area contributed by atoms with E-state index in [1.54, 1.807) is 0 Å². The molecule has 1 aromatic heterocycles. The first-order valence-corrected chi connectivity index (χ1v) is 6.57. The van der Waals surface area contributed by atoms with Gasteiger partial charge in [-0.05, 0) is 19.9 Å². The Kier molecular flexibility index (Phi) is 4.15. The number of hydrogen-bond acceptors (Lipinski definition) is 5. The highest BCUT2D eigenvalue weighted by molar-refractivity contribution is 6.36. The molecule has 0 saturated carbocycles. The van der Waals surface area contributed by atoms with Crippen molar-refractivity contribution >= 4 is 28.2 Å². The SMILES string of the molecule is CC(C)OCCn1cnc2c(O)c(N)cc(Cl)c2c1=O. The molecular formula is C13H16ClN3O3. The Bertz CT molecular complexity index is 697. The molecule has 0 unspecified atom stereocenters. The Morgan fingerprint density at radius 1 is 1.55 bits per heavy atom. The van der Waals surface area contributed by atoms with Gasteiger partial charge in [-0.2, -0.15) is 0 Å². The minimum atomic E-state index is -0.331. The van der Waals surface area contributed by atoms with Gasteiger partial charge in [0.15, 0.2) is 5.75 Å². The Morgan fingerprint density at radius 3 is 2.90 bits per heavy atom. The first kappa shape index (κ1) is 14.6. The molecule has 0 aliphatic heterocycles. The Morgan fingerprint density at radius 2 is 2.25 bits per heavy atom. The van der Waals surface area contributed by atoms with E-state index in [-0.39, 0.29) is 39.0 Å². The van der Waals surface area contributed by atoms with Crippen LogP contribution in [0.25, 0.3) is 10.9 Å². The van der Waals surface area contributed by atoms with Crippen LogP contribution in [0.15, 0.2) is 17.2 Å². The molecule has 2 rings (SSSR count). The first-order valence-electron chi connectivity index (χ1n) is 6.19. The average Bonchev–Trinajstić information content (AvgIpc) is 2.37. The third-order valence-electron chi connectivity index (χ3n) is 2.84. The lowest BCUT2D eigenvalue weighted by molar-refractivity contribution is 0.0722. The molecule has 1 heterocycles. The van der Waals surface area contributed by atoms with Crippen LogP contribution in [0.5, 0.6) is 5.75 Å². The van der Waals surface area contributed by atoms with Gasteiger partial charge in [-0.1, -0.05) is 11.6 Å². The van der Waals surface area contributed by atoms with Crippen LogP contribution in [0.3, 0.4) is 0 Å². The first-order chi connectivity index (χ1) is 9.41. The predicted molar refractivity (Wildman–Crippen MR) is 78.2 cm³/mol. The van der Waals surface area contributed by atoms with E-state index in [2.05, 4.69) is 4.98 Å². The van der Waals surface area contributed by atoms with Crippen molar-refractivity contribution in [1.29, 1.82) is 0 Å². The number of phenolic OH excluding ortho intramolecular Hbond substituents is 1. The fraction of sp³-hybridized carbons (Fsp3) is 0.385. The number of halogens is 1. The van der Waals surface area contributed by atoms with Crippen molar-refractivity contribution in [3.63, 3.8) is 0 Å². The highest BCUT2D eigenvalue weighted by atomic mass is 35.5. The molecule has 0 spiro atoms. The number of aromatic hydroxyl groups is 1. The minimum absolute atomic E-state index is 0.0894. The maximum Gasteiger partial charge on any atom is 0.262 e. The summed E-state index contributed by atoms with van der Waals surface area (Å²) >= 11 is 6.02. The number of anilines is 1. The van der Waals surface area contributed by atoms with Crippen molar-refractivity contribution in [1.82, 2.24) is 9.55 Å². The van der Waals surface area contributed by atoms with E-state index >= 15 is 0 Å². The third-order valence-corrected chi connectivity index (χ3v) is 3.14. The van der Waals surface area contributed by atoms with E-state index < -0.39 is 0 Å². The summed E-state index contributed by atoms with van der Waals surface area (Å²) < 4.78 is 6.79. The van der Waals surface area contributed by atoms with E-state index in [0.29, 0.717) is 13.2 Å². The zero-order valence-corrected chi connectivity index (χ0v) is 12.0. The summed E-state index contributed by atoms with van der Waals surface area (Å²) in [7, 11) is 0. The number of ether oxygens (including phenoxy) is 1. The maximum absolute atomic E-state index is 12.3. The average molecular weight is 298 g/mol. The van der Waals surface area contributed by atoms with Gasteiger partial charge < -0.3 is 15.6 Å². The van der Waals surface area contributed by atoms with E-state index in [0.717, 1.165) is 0 Å². The molecule has 7 heteroatoms. The van der Waals surface area contributed by atoms with Crippen molar-refractivity contribution in [2.24, 2.45) is 0 Å². The van der Waals surface area contributed by atoms with Crippen LogP contribution in [0.2, 0.25) is 5.02 Å². The molecule has 0 saturated heterocycles. The van der Waals surface area contributed by atoms with Crippen LogP contribution in [0.4, 0.5) is 5.69 Å². The number of nitrogens with zero attached hydrogens (tertiary/aromatic N) is 2. The van der Waals surface area contributed by atoms with Crippen LogP contribution in [-0.2, 0) is 11.3 Å². The van der Waals surface area contributed by atoms with Gasteiger partial charge >= 0.3 is 0 Å². The second-order valence-electron chi connectivity index (χ2n) is 4.68. The molecule has 3 N–H and O–H groups in total. The Labute approximate surface area is 120 Å². The highest BCUT2D eigenvalue weighted by Crippen LogP contribution is 2.32. The van der Waals surface area contributed by atoms with Crippen molar-refractivity contribution in [3.05, 3.63) is 27.8 Å². The Hall–Kier alpha value is -1.79. The minimum Gasteiger partial charge on any atom is -0.504 e. The fourth-order valence-corrected chi connectivity index (χ4v) is 2.13. The molecule has 0 bridgehead atoms. The quantitative estimate of drug-likeness (QED) is 0.663. The van der Waals surface area contributed by atoms with Gasteiger partial charge in [-0.25, -0.2) is 4.98 Å². The van der Waals surface area contributed by atoms with Crippen molar-refractivity contribution in [2.45, 2.75) is 26.5 Å². The summed E-state index contributed by atoms with van der Waals surface area (Å²) in [6, 6.07) is 1.34. The molecule has 0 atom stereocenters. The normalized spacial score (nSPS) is 11.4. The summed E-state index contributed by atoms with van der Waals surface area (Å²) in [5, 5.41) is 10.2. The van der Waals surface area contributed by atoms with Gasteiger partial charge in [0.1, 0.15) is 5.52 Å². The number of nitrogen functional groups attached to an aromatic ring is 1. The fourth-order valence-electron chi connectivity index (χ4n) is 1.84. The van der Waals surface area contributed by atoms with Gasteiger partial charge in [-0.3, -0.25) is 9.36 Å². The number of phenols is 1. The molecule has 20 heavy (non-hydrogen) atoms. The third kappa shape index (κ3) is 2.71. The predicted octanol–water partition coefficient (Wildman–Crippen LogP) is 1.76. The smallest absolute Gasteiger partial charge is 0.262 e. The van der Waals surface area contributed by atoms with Crippen LogP contribution in [0.1, 0.15) is 13.8 Å². The lowest BCUT2D eigenvalue weighted by Crippen LogP contribution is -2.24. The maximum atomic E-state index is 12.3. The number of aromatic nitrogens is 2. The molecule has 0 fully saturated rings. The Balaban J connectivity index is 2.46. The standard InChI is InChI=1S/C13H16ClN3O3/c1-7(2)20-4-3-17-6-16-11-10(13(17)19)8(14)5-9(15)12(11)18/h5-7,18H,3-4,15H2,1-2H3. The zero-order valence-electron chi connectivity index (χ0n) is 11.3. The highest BCUT2D eigenvalue weighted by Gasteiger charge is 2.14. The zero-order chi connectivity index (χ0) is 14.9. The lowest BCUT2D eigenvalue weighted by atomic mass is 10.2. The van der Waals surface area contributed by atoms with E-state index in [1.165, 1.54) is 17.0 Å². The number of benzene rings is 1. The molecule has 0 aliphatic carbocycles. The summed E-state index contributed by atoms with van der Waals surface area (Å²) in [6.45, 7) is 4.59. The second kappa shape index (κ2) is 5.68. The summed E-state index contributed by atoms with van der Waals surface area (Å²) in [5.74, 6) is -0.230. The molecule has 0 radical (unpaired) electrons. The van der Waals surface area contributed by atoms with Gasteiger partial charge in [0.05, 0.1) is 41.7 Å².